The maximum Gasteiger partial charge on any atom is 0.345 e. The van der Waals surface area contributed by atoms with Crippen molar-refractivity contribution < 1.29 is 14.5 Å². The molecule has 0 saturated heterocycles. The minimum atomic E-state index is -0.839. The van der Waals surface area contributed by atoms with Crippen molar-refractivity contribution in [2.24, 2.45) is 0 Å². The first kappa shape index (κ1) is 16.4. The zero-order valence-electron chi connectivity index (χ0n) is 13.5. The fraction of sp³-hybridized carbons (Fsp3) is 0.235. The van der Waals surface area contributed by atoms with E-state index >= 15 is 0 Å². The average molecular weight is 371 g/mol. The molecule has 3 aromatic rings. The Morgan fingerprint density at radius 3 is 2.96 bits per heavy atom. The molecule has 2 heterocycles. The topological polar surface area (TPSA) is 115 Å². The van der Waals surface area contributed by atoms with Gasteiger partial charge >= 0.3 is 5.97 Å². The fourth-order valence-corrected chi connectivity index (χ4v) is 4.41. The molecule has 9 heteroatoms. The number of hydrogen-bond donors (Lipinski definition) is 1. The van der Waals surface area contributed by atoms with Gasteiger partial charge in [0.2, 0.25) is 0 Å². The van der Waals surface area contributed by atoms with E-state index in [9.17, 15) is 19.7 Å². The van der Waals surface area contributed by atoms with Crippen molar-refractivity contribution in [2.75, 3.05) is 0 Å². The first-order valence-electron chi connectivity index (χ1n) is 7.98. The Hall–Kier alpha value is -3.07. The van der Waals surface area contributed by atoms with Gasteiger partial charge in [-0.1, -0.05) is 12.1 Å². The van der Waals surface area contributed by atoms with Crippen molar-refractivity contribution in [1.29, 1.82) is 0 Å². The molecule has 4 rings (SSSR count). The van der Waals surface area contributed by atoms with E-state index in [1.807, 2.05) is 0 Å². The van der Waals surface area contributed by atoms with Crippen LogP contribution in [-0.2, 0) is 24.2 Å². The van der Waals surface area contributed by atoms with Crippen LogP contribution in [0.4, 0.5) is 5.69 Å². The number of nitro benzene ring substituents is 1. The number of hydrogen-bond acceptors (Lipinski definition) is 7. The van der Waals surface area contributed by atoms with E-state index < -0.39 is 10.9 Å². The molecule has 8 nitrogen and oxygen atoms in total. The first-order chi connectivity index (χ1) is 12.5. The summed E-state index contributed by atoms with van der Waals surface area (Å²) in [4.78, 5) is 43.7. The maximum absolute atomic E-state index is 12.4. The van der Waals surface area contributed by atoms with Crippen LogP contribution in [0, 0.1) is 10.1 Å². The number of ether oxygens (including phenoxy) is 1. The van der Waals surface area contributed by atoms with E-state index in [4.69, 9.17) is 4.74 Å². The molecule has 0 radical (unpaired) electrons. The van der Waals surface area contributed by atoms with Crippen molar-refractivity contribution in [3.8, 4) is 0 Å². The van der Waals surface area contributed by atoms with Crippen LogP contribution in [0.3, 0.4) is 0 Å². The molecule has 26 heavy (non-hydrogen) atoms. The summed E-state index contributed by atoms with van der Waals surface area (Å²) in [7, 11) is 0. The normalized spacial score (nSPS) is 12.9. The molecule has 0 atom stereocenters. The highest BCUT2D eigenvalue weighted by atomic mass is 32.1. The van der Waals surface area contributed by atoms with Gasteiger partial charge in [-0.15, -0.1) is 11.3 Å². The van der Waals surface area contributed by atoms with Crippen LogP contribution >= 0.6 is 11.3 Å². The summed E-state index contributed by atoms with van der Waals surface area (Å²) in [5, 5.41) is 11.6. The third kappa shape index (κ3) is 2.76. The lowest BCUT2D eigenvalue weighted by Crippen LogP contribution is -2.15. The molecule has 0 spiro atoms. The Kier molecular flexibility index (Phi) is 4.00. The molecule has 132 valence electrons. The summed E-state index contributed by atoms with van der Waals surface area (Å²) in [6, 6.07) is 5.54. The van der Waals surface area contributed by atoms with Crippen molar-refractivity contribution in [3.63, 3.8) is 0 Å². The number of benzene rings is 1. The second-order valence-corrected chi connectivity index (χ2v) is 6.98. The van der Waals surface area contributed by atoms with E-state index in [1.165, 1.54) is 40.5 Å². The summed E-state index contributed by atoms with van der Waals surface area (Å²) in [6.07, 6.45) is 2.88. The highest BCUT2D eigenvalue weighted by molar-refractivity contribution is 7.18. The molecular weight excluding hydrogens is 358 g/mol. The van der Waals surface area contributed by atoms with E-state index in [-0.39, 0.29) is 29.2 Å². The summed E-state index contributed by atoms with van der Waals surface area (Å²) < 4.78 is 5.11. The lowest BCUT2D eigenvalue weighted by atomic mass is 10.2. The molecule has 1 aromatic carbocycles. The summed E-state index contributed by atoms with van der Waals surface area (Å²) >= 11 is 1.49. The molecule has 0 unspecified atom stereocenters. The quantitative estimate of drug-likeness (QED) is 0.428. The lowest BCUT2D eigenvalue weighted by Gasteiger charge is -2.05. The SMILES string of the molecule is O=C(OCc1nc2sc3c(c2c(=O)[nH]1)CCC3)c1ccccc1[N+](=O)[O-]. The largest absolute Gasteiger partial charge is 0.454 e. The van der Waals surface area contributed by atoms with Crippen LogP contribution in [0.1, 0.15) is 33.0 Å². The third-order valence-corrected chi connectivity index (χ3v) is 5.47. The van der Waals surface area contributed by atoms with E-state index in [1.54, 1.807) is 0 Å². The predicted molar refractivity (Wildman–Crippen MR) is 94.5 cm³/mol. The molecule has 1 aliphatic rings. The minimum absolute atomic E-state index is 0.143. The van der Waals surface area contributed by atoms with Crippen LogP contribution in [0.15, 0.2) is 29.1 Å². The summed E-state index contributed by atoms with van der Waals surface area (Å²) in [5.74, 6) is -0.622. The van der Waals surface area contributed by atoms with Crippen molar-refractivity contribution in [2.45, 2.75) is 25.9 Å². The van der Waals surface area contributed by atoms with Crippen LogP contribution in [-0.4, -0.2) is 20.9 Å². The Labute approximate surface area is 150 Å². The molecule has 1 aliphatic carbocycles. The molecule has 2 aromatic heterocycles. The number of aromatic amines is 1. The highest BCUT2D eigenvalue weighted by Crippen LogP contribution is 2.34. The van der Waals surface area contributed by atoms with Crippen LogP contribution < -0.4 is 5.56 Å². The summed E-state index contributed by atoms with van der Waals surface area (Å²) in [5.41, 5.74) is 0.355. The van der Waals surface area contributed by atoms with Crippen LogP contribution in [0.5, 0.6) is 0 Å². The van der Waals surface area contributed by atoms with E-state index in [2.05, 4.69) is 9.97 Å². The Morgan fingerprint density at radius 1 is 1.35 bits per heavy atom. The van der Waals surface area contributed by atoms with E-state index in [0.717, 1.165) is 24.8 Å². The molecule has 0 bridgehead atoms. The van der Waals surface area contributed by atoms with Gasteiger partial charge < -0.3 is 9.72 Å². The first-order valence-corrected chi connectivity index (χ1v) is 8.80. The number of H-pyrrole nitrogens is 1. The lowest BCUT2D eigenvalue weighted by molar-refractivity contribution is -0.385. The number of aromatic nitrogens is 2. The van der Waals surface area contributed by atoms with E-state index in [0.29, 0.717) is 10.2 Å². The standard InChI is InChI=1S/C17H13N3O5S/c21-15-14-10-5-3-7-12(10)26-16(14)19-13(18-15)8-25-17(22)9-4-1-2-6-11(9)20(23)24/h1-2,4,6H,3,5,7-8H2,(H,18,19,21). The Morgan fingerprint density at radius 2 is 2.15 bits per heavy atom. The zero-order chi connectivity index (χ0) is 18.3. The number of thiophene rings is 1. The van der Waals surface area contributed by atoms with Gasteiger partial charge in [-0.05, 0) is 30.9 Å². The third-order valence-electron chi connectivity index (χ3n) is 4.28. The average Bonchev–Trinajstić information content (AvgIpc) is 3.20. The number of nitrogens with zero attached hydrogens (tertiary/aromatic N) is 2. The Bertz CT molecular complexity index is 1100. The zero-order valence-corrected chi connectivity index (χ0v) is 14.3. The second kappa shape index (κ2) is 6.34. The number of nitro groups is 1. The second-order valence-electron chi connectivity index (χ2n) is 5.90. The van der Waals surface area contributed by atoms with Crippen molar-refractivity contribution in [1.82, 2.24) is 9.97 Å². The summed E-state index contributed by atoms with van der Waals surface area (Å²) in [6.45, 7) is -0.265. The van der Waals surface area contributed by atoms with Gasteiger partial charge in [0.15, 0.2) is 0 Å². The van der Waals surface area contributed by atoms with Crippen LogP contribution in [0.25, 0.3) is 10.2 Å². The number of aryl methyl sites for hydroxylation is 2. The fourth-order valence-electron chi connectivity index (χ4n) is 3.13. The molecule has 0 aliphatic heterocycles. The number of nitrogens with one attached hydrogen (secondary N) is 1. The van der Waals surface area contributed by atoms with Gasteiger partial charge in [0.05, 0.1) is 10.3 Å². The van der Waals surface area contributed by atoms with Crippen molar-refractivity contribution in [3.05, 3.63) is 66.6 Å². The van der Waals surface area contributed by atoms with Gasteiger partial charge in [-0.25, -0.2) is 9.78 Å². The molecule has 0 fully saturated rings. The van der Waals surface area contributed by atoms with Gasteiger partial charge in [-0.2, -0.15) is 0 Å². The number of carbonyl (C=O) groups excluding carboxylic acids is 1. The smallest absolute Gasteiger partial charge is 0.345 e. The van der Waals surface area contributed by atoms with Gasteiger partial charge in [0.1, 0.15) is 22.8 Å². The number of para-hydroxylation sites is 1. The predicted octanol–water partition coefficient (Wildman–Crippen LogP) is 2.74. The number of rotatable bonds is 4. The molecule has 0 amide bonds. The monoisotopic (exact) mass is 371 g/mol. The maximum atomic E-state index is 12.4. The number of fused-ring (bicyclic) bond motifs is 3. The van der Waals surface area contributed by atoms with Crippen molar-refractivity contribution >= 4 is 33.2 Å². The molecular formula is C17H13N3O5S. The number of esters is 1. The van der Waals surface area contributed by atoms with Gasteiger partial charge in [0.25, 0.3) is 11.2 Å². The Balaban J connectivity index is 1.58. The highest BCUT2D eigenvalue weighted by Gasteiger charge is 2.23. The number of carbonyl (C=O) groups is 1. The minimum Gasteiger partial charge on any atom is -0.454 e. The van der Waals surface area contributed by atoms with Gasteiger partial charge in [-0.3, -0.25) is 14.9 Å². The van der Waals surface area contributed by atoms with Crippen LogP contribution in [0.2, 0.25) is 0 Å². The molecule has 0 saturated carbocycles. The molecule has 1 N–H and O–H groups in total. The van der Waals surface area contributed by atoms with Gasteiger partial charge in [0, 0.05) is 10.9 Å².